The van der Waals surface area contributed by atoms with Crippen LogP contribution in [0.4, 0.5) is 0 Å². The number of hydrogen-bond donors (Lipinski definition) is 3. The molecule has 0 radical (unpaired) electrons. The van der Waals surface area contributed by atoms with Gasteiger partial charge in [0.15, 0.2) is 5.96 Å². The van der Waals surface area contributed by atoms with E-state index in [4.69, 9.17) is 0 Å². The first-order valence-corrected chi connectivity index (χ1v) is 6.46. The molecule has 1 rings (SSSR count). The molecule has 0 atom stereocenters. The number of nitrogens with one attached hydrogen (secondary N) is 3. The van der Waals surface area contributed by atoms with E-state index in [1.165, 1.54) is 0 Å². The predicted molar refractivity (Wildman–Crippen MR) is 93.7 cm³/mol. The number of rotatable bonds is 5. The highest BCUT2D eigenvalue weighted by atomic mass is 127. The van der Waals surface area contributed by atoms with E-state index in [1.807, 2.05) is 38.2 Å². The highest BCUT2D eigenvalue weighted by Gasteiger charge is 2.05. The number of amides is 1. The molecule has 1 aromatic rings. The van der Waals surface area contributed by atoms with Crippen LogP contribution in [0.3, 0.4) is 0 Å². The van der Waals surface area contributed by atoms with Crippen molar-refractivity contribution in [2.75, 3.05) is 20.6 Å². The van der Waals surface area contributed by atoms with Gasteiger partial charge in [0, 0.05) is 32.7 Å². The zero-order valence-corrected chi connectivity index (χ0v) is 14.5. The van der Waals surface area contributed by atoms with E-state index in [-0.39, 0.29) is 29.9 Å². The lowest BCUT2D eigenvalue weighted by Crippen LogP contribution is -2.34. The van der Waals surface area contributed by atoms with E-state index >= 15 is 0 Å². The summed E-state index contributed by atoms with van der Waals surface area (Å²) in [5.41, 5.74) is 1.73. The maximum Gasteiger partial charge on any atom is 0.251 e. The first-order chi connectivity index (χ1) is 9.21. The van der Waals surface area contributed by atoms with Gasteiger partial charge in [-0.2, -0.15) is 0 Å². The zero-order valence-electron chi connectivity index (χ0n) is 12.2. The maximum atomic E-state index is 11.8. The molecule has 0 aliphatic carbocycles. The summed E-state index contributed by atoms with van der Waals surface area (Å²) in [6.07, 6.45) is 0.936. The summed E-state index contributed by atoms with van der Waals surface area (Å²) in [7, 11) is 3.53. The Hall–Kier alpha value is -1.31. The van der Waals surface area contributed by atoms with Gasteiger partial charge in [-0.3, -0.25) is 9.79 Å². The van der Waals surface area contributed by atoms with E-state index in [1.54, 1.807) is 7.05 Å². The zero-order chi connectivity index (χ0) is 14.1. The molecule has 0 saturated carbocycles. The van der Waals surface area contributed by atoms with Crippen molar-refractivity contribution in [2.45, 2.75) is 19.9 Å². The Morgan fingerprint density at radius 2 is 2.05 bits per heavy atom. The molecule has 0 heterocycles. The van der Waals surface area contributed by atoms with Gasteiger partial charge in [-0.25, -0.2) is 0 Å². The predicted octanol–water partition coefficient (Wildman–Crippen LogP) is 1.74. The summed E-state index contributed by atoms with van der Waals surface area (Å²) >= 11 is 0. The lowest BCUT2D eigenvalue weighted by molar-refractivity contribution is 0.0953. The first kappa shape index (κ1) is 18.7. The molecular formula is C14H23IN4O. The lowest BCUT2D eigenvalue weighted by Gasteiger charge is -2.09. The molecule has 0 aliphatic rings. The van der Waals surface area contributed by atoms with Crippen LogP contribution in [-0.2, 0) is 6.54 Å². The molecule has 0 unspecified atom stereocenters. The third-order valence-corrected chi connectivity index (χ3v) is 2.65. The molecule has 1 aromatic carbocycles. The summed E-state index contributed by atoms with van der Waals surface area (Å²) in [6, 6.07) is 7.58. The molecule has 0 aromatic heterocycles. The van der Waals surface area contributed by atoms with Crippen molar-refractivity contribution in [1.82, 2.24) is 16.0 Å². The average Bonchev–Trinajstić information content (AvgIpc) is 2.46. The minimum absolute atomic E-state index is 0. The van der Waals surface area contributed by atoms with Crippen LogP contribution in [0.5, 0.6) is 0 Å². The quantitative estimate of drug-likeness (QED) is 0.408. The van der Waals surface area contributed by atoms with Crippen molar-refractivity contribution in [3.8, 4) is 0 Å². The average molecular weight is 390 g/mol. The van der Waals surface area contributed by atoms with E-state index in [9.17, 15) is 4.79 Å². The van der Waals surface area contributed by atoms with E-state index in [0.717, 1.165) is 17.9 Å². The molecule has 5 nitrogen and oxygen atoms in total. The fourth-order valence-electron chi connectivity index (χ4n) is 1.63. The minimum atomic E-state index is -0.0262. The summed E-state index contributed by atoms with van der Waals surface area (Å²) in [4.78, 5) is 15.9. The molecule has 20 heavy (non-hydrogen) atoms. The monoisotopic (exact) mass is 390 g/mol. The van der Waals surface area contributed by atoms with Gasteiger partial charge in [0.25, 0.3) is 5.91 Å². The molecular weight excluding hydrogens is 367 g/mol. The fraction of sp³-hybridized carbons (Fsp3) is 0.429. The number of carbonyl (C=O) groups excluding carboxylic acids is 1. The van der Waals surface area contributed by atoms with E-state index < -0.39 is 0 Å². The standard InChI is InChI=1S/C14H22N4O.HI/c1-4-8-17-13(19)12-7-5-6-11(9-12)10-18-14(15-2)16-3;/h5-7,9H,4,8,10H2,1-3H3,(H,17,19)(H2,15,16,18);1H. The van der Waals surface area contributed by atoms with Crippen LogP contribution < -0.4 is 16.0 Å². The number of nitrogens with zero attached hydrogens (tertiary/aromatic N) is 1. The highest BCUT2D eigenvalue weighted by molar-refractivity contribution is 14.0. The van der Waals surface area contributed by atoms with Crippen LogP contribution in [0, 0.1) is 0 Å². The Morgan fingerprint density at radius 1 is 1.30 bits per heavy atom. The topological polar surface area (TPSA) is 65.5 Å². The van der Waals surface area contributed by atoms with E-state index in [2.05, 4.69) is 20.9 Å². The second kappa shape index (κ2) is 10.5. The third-order valence-electron chi connectivity index (χ3n) is 2.65. The Labute approximate surface area is 137 Å². The summed E-state index contributed by atoms with van der Waals surface area (Å²) < 4.78 is 0. The summed E-state index contributed by atoms with van der Waals surface area (Å²) in [5, 5.41) is 8.97. The number of guanidine groups is 1. The molecule has 0 saturated heterocycles. The van der Waals surface area contributed by atoms with Gasteiger partial charge in [0.2, 0.25) is 0 Å². The van der Waals surface area contributed by atoms with Gasteiger partial charge in [-0.05, 0) is 24.1 Å². The van der Waals surface area contributed by atoms with Crippen molar-refractivity contribution >= 4 is 35.8 Å². The molecule has 0 aliphatic heterocycles. The Kier molecular flexibility index (Phi) is 9.79. The Morgan fingerprint density at radius 3 is 2.65 bits per heavy atom. The van der Waals surface area contributed by atoms with Crippen molar-refractivity contribution in [1.29, 1.82) is 0 Å². The van der Waals surface area contributed by atoms with Crippen LogP contribution in [0.1, 0.15) is 29.3 Å². The first-order valence-electron chi connectivity index (χ1n) is 6.46. The largest absolute Gasteiger partial charge is 0.359 e. The second-order valence-electron chi connectivity index (χ2n) is 4.13. The number of carbonyl (C=O) groups is 1. The van der Waals surface area contributed by atoms with E-state index in [0.29, 0.717) is 18.7 Å². The van der Waals surface area contributed by atoms with Gasteiger partial charge in [-0.1, -0.05) is 19.1 Å². The van der Waals surface area contributed by atoms with Gasteiger partial charge in [-0.15, -0.1) is 24.0 Å². The van der Waals surface area contributed by atoms with Gasteiger partial charge >= 0.3 is 0 Å². The van der Waals surface area contributed by atoms with Crippen LogP contribution in [0.2, 0.25) is 0 Å². The van der Waals surface area contributed by atoms with Gasteiger partial charge < -0.3 is 16.0 Å². The smallest absolute Gasteiger partial charge is 0.251 e. The number of aliphatic imine (C=N–C) groups is 1. The molecule has 1 amide bonds. The summed E-state index contributed by atoms with van der Waals surface area (Å²) in [5.74, 6) is 0.697. The normalized spacial score (nSPS) is 10.4. The molecule has 0 fully saturated rings. The minimum Gasteiger partial charge on any atom is -0.359 e. The van der Waals surface area contributed by atoms with Crippen molar-refractivity contribution in [2.24, 2.45) is 4.99 Å². The molecule has 112 valence electrons. The molecule has 3 N–H and O–H groups in total. The van der Waals surface area contributed by atoms with Crippen molar-refractivity contribution in [3.05, 3.63) is 35.4 Å². The molecule has 0 bridgehead atoms. The highest BCUT2D eigenvalue weighted by Crippen LogP contribution is 2.05. The number of halogens is 1. The van der Waals surface area contributed by atoms with Crippen LogP contribution in [-0.4, -0.2) is 32.5 Å². The van der Waals surface area contributed by atoms with Crippen molar-refractivity contribution < 1.29 is 4.79 Å². The number of benzene rings is 1. The van der Waals surface area contributed by atoms with Crippen LogP contribution in [0.25, 0.3) is 0 Å². The molecule has 0 spiro atoms. The van der Waals surface area contributed by atoms with Crippen LogP contribution >= 0.6 is 24.0 Å². The number of hydrogen-bond acceptors (Lipinski definition) is 2. The fourth-order valence-corrected chi connectivity index (χ4v) is 1.63. The maximum absolute atomic E-state index is 11.8. The van der Waals surface area contributed by atoms with Gasteiger partial charge in [0.05, 0.1) is 0 Å². The third kappa shape index (κ3) is 6.23. The van der Waals surface area contributed by atoms with Crippen LogP contribution in [0.15, 0.2) is 29.3 Å². The van der Waals surface area contributed by atoms with Crippen molar-refractivity contribution in [3.63, 3.8) is 0 Å². The molecule has 6 heteroatoms. The van der Waals surface area contributed by atoms with Gasteiger partial charge in [0.1, 0.15) is 0 Å². The lowest BCUT2D eigenvalue weighted by atomic mass is 10.1. The Bertz CT molecular complexity index is 449. The second-order valence-corrected chi connectivity index (χ2v) is 4.13. The SMILES string of the molecule is CCCNC(=O)c1cccc(CNC(=NC)NC)c1.I. The summed E-state index contributed by atoms with van der Waals surface area (Å²) in [6.45, 7) is 3.36. The Balaban J connectivity index is 0.00000361.